The number of nitrogens with one attached hydrogen (secondary N) is 2. The molecule has 6 heteroatoms. The fourth-order valence-electron chi connectivity index (χ4n) is 1.73. The van der Waals surface area contributed by atoms with Crippen LogP contribution in [-0.4, -0.2) is 27.0 Å². The summed E-state index contributed by atoms with van der Waals surface area (Å²) in [5, 5.41) is 2.75. The van der Waals surface area contributed by atoms with Crippen LogP contribution >= 0.6 is 0 Å². The van der Waals surface area contributed by atoms with Crippen LogP contribution in [0.15, 0.2) is 29.3 Å². The summed E-state index contributed by atoms with van der Waals surface area (Å²) in [6.45, 7) is 5.06. The summed E-state index contributed by atoms with van der Waals surface area (Å²) in [5.41, 5.74) is 2.06. The lowest BCUT2D eigenvalue weighted by atomic mass is 10.3. The maximum atomic E-state index is 11.8. The molecule has 0 fully saturated rings. The number of aromatic amines is 1. The van der Waals surface area contributed by atoms with Crippen LogP contribution in [0.3, 0.4) is 0 Å². The van der Waals surface area contributed by atoms with Crippen molar-refractivity contribution < 1.29 is 4.79 Å². The second-order valence-electron chi connectivity index (χ2n) is 4.29. The van der Waals surface area contributed by atoms with Gasteiger partial charge in [-0.15, -0.1) is 0 Å². The van der Waals surface area contributed by atoms with Gasteiger partial charge in [0.15, 0.2) is 0 Å². The molecule has 0 saturated heterocycles. The standard InChI is InChI=1S/C13H16N4O2/c1-9-10(2)17(8-15-9)7-6-14-13(19)11-4-3-5-12(18)16-11/h3-5,8H,6-7H2,1-2H3,(H,14,19)(H,16,18). The third kappa shape index (κ3) is 3.09. The Balaban J connectivity index is 1.91. The molecule has 0 bridgehead atoms. The molecule has 0 aliphatic carbocycles. The summed E-state index contributed by atoms with van der Waals surface area (Å²) in [5.74, 6) is -0.285. The zero-order chi connectivity index (χ0) is 13.8. The Morgan fingerprint density at radius 2 is 2.21 bits per heavy atom. The van der Waals surface area contributed by atoms with Gasteiger partial charge in [0.1, 0.15) is 5.69 Å². The number of aryl methyl sites for hydroxylation is 1. The molecule has 0 radical (unpaired) electrons. The zero-order valence-electron chi connectivity index (χ0n) is 10.9. The van der Waals surface area contributed by atoms with E-state index in [1.54, 1.807) is 18.5 Å². The highest BCUT2D eigenvalue weighted by Gasteiger charge is 2.06. The fraction of sp³-hybridized carbons (Fsp3) is 0.308. The molecule has 2 aromatic rings. The molecule has 0 aromatic carbocycles. The van der Waals surface area contributed by atoms with E-state index in [0.29, 0.717) is 13.1 Å². The Morgan fingerprint density at radius 1 is 1.42 bits per heavy atom. The summed E-state index contributed by atoms with van der Waals surface area (Å²) < 4.78 is 1.98. The van der Waals surface area contributed by atoms with Gasteiger partial charge in [-0.25, -0.2) is 4.98 Å². The average molecular weight is 260 g/mol. The van der Waals surface area contributed by atoms with Gasteiger partial charge in [0.2, 0.25) is 5.56 Å². The van der Waals surface area contributed by atoms with E-state index in [-0.39, 0.29) is 17.2 Å². The minimum Gasteiger partial charge on any atom is -0.349 e. The first kappa shape index (κ1) is 13.1. The Kier molecular flexibility index (Phi) is 3.79. The molecule has 0 unspecified atom stereocenters. The Bertz CT molecular complexity index is 642. The Labute approximate surface area is 110 Å². The molecule has 19 heavy (non-hydrogen) atoms. The molecule has 2 aromatic heterocycles. The number of H-pyrrole nitrogens is 1. The first-order chi connectivity index (χ1) is 9.08. The summed E-state index contributed by atoms with van der Waals surface area (Å²) >= 11 is 0. The second-order valence-corrected chi connectivity index (χ2v) is 4.29. The van der Waals surface area contributed by atoms with Gasteiger partial charge in [0.05, 0.1) is 12.0 Å². The van der Waals surface area contributed by atoms with Crippen LogP contribution in [0, 0.1) is 13.8 Å². The second kappa shape index (κ2) is 5.51. The first-order valence-electron chi connectivity index (χ1n) is 6.04. The molecule has 2 rings (SSSR count). The van der Waals surface area contributed by atoms with E-state index in [4.69, 9.17) is 0 Å². The van der Waals surface area contributed by atoms with Crippen molar-refractivity contribution in [2.75, 3.05) is 6.54 Å². The van der Waals surface area contributed by atoms with Crippen molar-refractivity contribution >= 4 is 5.91 Å². The van der Waals surface area contributed by atoms with Gasteiger partial charge in [0, 0.05) is 24.8 Å². The largest absolute Gasteiger partial charge is 0.349 e. The quantitative estimate of drug-likeness (QED) is 0.845. The van der Waals surface area contributed by atoms with E-state index < -0.39 is 0 Å². The number of aromatic nitrogens is 3. The average Bonchev–Trinajstić information content (AvgIpc) is 2.70. The maximum Gasteiger partial charge on any atom is 0.267 e. The van der Waals surface area contributed by atoms with Crippen LogP contribution < -0.4 is 10.9 Å². The molecule has 0 saturated carbocycles. The molecular formula is C13H16N4O2. The highest BCUT2D eigenvalue weighted by Crippen LogP contribution is 2.03. The molecular weight excluding hydrogens is 244 g/mol. The van der Waals surface area contributed by atoms with Crippen LogP contribution in [0.1, 0.15) is 21.9 Å². The smallest absolute Gasteiger partial charge is 0.267 e. The molecule has 0 aliphatic heterocycles. The minimum atomic E-state index is -0.285. The van der Waals surface area contributed by atoms with Gasteiger partial charge in [-0.05, 0) is 19.9 Å². The molecule has 0 atom stereocenters. The number of hydrogen-bond acceptors (Lipinski definition) is 3. The van der Waals surface area contributed by atoms with Crippen LogP contribution in [0.4, 0.5) is 0 Å². The van der Waals surface area contributed by atoms with Crippen molar-refractivity contribution in [3.05, 3.63) is 52.0 Å². The normalized spacial score (nSPS) is 10.4. The van der Waals surface area contributed by atoms with Gasteiger partial charge in [0.25, 0.3) is 5.91 Å². The lowest BCUT2D eigenvalue weighted by Gasteiger charge is -2.07. The van der Waals surface area contributed by atoms with E-state index in [1.807, 2.05) is 18.4 Å². The highest BCUT2D eigenvalue weighted by atomic mass is 16.2. The van der Waals surface area contributed by atoms with Crippen LogP contribution in [0.5, 0.6) is 0 Å². The van der Waals surface area contributed by atoms with Gasteiger partial charge < -0.3 is 14.9 Å². The van der Waals surface area contributed by atoms with Crippen molar-refractivity contribution in [1.82, 2.24) is 19.9 Å². The van der Waals surface area contributed by atoms with E-state index in [0.717, 1.165) is 11.4 Å². The lowest BCUT2D eigenvalue weighted by Crippen LogP contribution is -2.29. The zero-order valence-corrected chi connectivity index (χ0v) is 10.9. The summed E-state index contributed by atoms with van der Waals surface area (Å²) in [7, 11) is 0. The van der Waals surface area contributed by atoms with E-state index in [1.165, 1.54) is 6.07 Å². The van der Waals surface area contributed by atoms with Crippen LogP contribution in [0.25, 0.3) is 0 Å². The molecule has 2 N–H and O–H groups in total. The number of carbonyl (C=O) groups is 1. The molecule has 6 nitrogen and oxygen atoms in total. The van der Waals surface area contributed by atoms with Crippen molar-refractivity contribution in [1.29, 1.82) is 0 Å². The third-order valence-corrected chi connectivity index (χ3v) is 3.00. The van der Waals surface area contributed by atoms with Crippen molar-refractivity contribution in [3.8, 4) is 0 Å². The SMILES string of the molecule is Cc1ncn(CCNC(=O)c2cccc(=O)[nH]2)c1C. The highest BCUT2D eigenvalue weighted by molar-refractivity contribution is 5.92. The predicted molar refractivity (Wildman–Crippen MR) is 71.1 cm³/mol. The van der Waals surface area contributed by atoms with Gasteiger partial charge >= 0.3 is 0 Å². The summed E-state index contributed by atoms with van der Waals surface area (Å²) in [6.07, 6.45) is 1.75. The molecule has 0 aliphatic rings. The molecule has 1 amide bonds. The number of carbonyl (C=O) groups excluding carboxylic acids is 1. The predicted octanol–water partition coefficient (Wildman–Crippen LogP) is 0.618. The van der Waals surface area contributed by atoms with E-state index in [2.05, 4.69) is 15.3 Å². The Hall–Kier alpha value is -2.37. The fourth-order valence-corrected chi connectivity index (χ4v) is 1.73. The topological polar surface area (TPSA) is 79.8 Å². The Morgan fingerprint density at radius 3 is 2.84 bits per heavy atom. The number of amides is 1. The van der Waals surface area contributed by atoms with Crippen LogP contribution in [0.2, 0.25) is 0 Å². The van der Waals surface area contributed by atoms with Crippen molar-refractivity contribution in [2.45, 2.75) is 20.4 Å². The van der Waals surface area contributed by atoms with Gasteiger partial charge in [-0.3, -0.25) is 9.59 Å². The number of nitrogens with zero attached hydrogens (tertiary/aromatic N) is 2. The third-order valence-electron chi connectivity index (χ3n) is 3.00. The summed E-state index contributed by atoms with van der Waals surface area (Å²) in [4.78, 5) is 29.5. The molecule has 2 heterocycles. The first-order valence-corrected chi connectivity index (χ1v) is 6.04. The minimum absolute atomic E-state index is 0.269. The van der Waals surface area contributed by atoms with Crippen molar-refractivity contribution in [2.24, 2.45) is 0 Å². The van der Waals surface area contributed by atoms with E-state index in [9.17, 15) is 9.59 Å². The number of hydrogen-bond donors (Lipinski definition) is 2. The molecule has 100 valence electrons. The van der Waals surface area contributed by atoms with Gasteiger partial charge in [-0.2, -0.15) is 0 Å². The maximum absolute atomic E-state index is 11.8. The number of pyridine rings is 1. The van der Waals surface area contributed by atoms with Crippen molar-refractivity contribution in [3.63, 3.8) is 0 Å². The number of rotatable bonds is 4. The lowest BCUT2D eigenvalue weighted by molar-refractivity contribution is 0.0947. The number of imidazole rings is 1. The molecule has 0 spiro atoms. The van der Waals surface area contributed by atoms with Gasteiger partial charge in [-0.1, -0.05) is 6.07 Å². The van der Waals surface area contributed by atoms with E-state index >= 15 is 0 Å². The monoisotopic (exact) mass is 260 g/mol. The van der Waals surface area contributed by atoms with Crippen LogP contribution in [-0.2, 0) is 6.54 Å². The summed E-state index contributed by atoms with van der Waals surface area (Å²) in [6, 6.07) is 4.49.